The van der Waals surface area contributed by atoms with E-state index in [4.69, 9.17) is 4.74 Å². The standard InChI is InChI=1S/C19H30N4O2/c1-4-20-18(21-12-15-8-6-7-14(3)11-15)22-13-17(16-9-10-16)23-19(24)25-5-2/h6-8,11,16-17H,4-5,9-10,12-13H2,1-3H3,(H,23,24)(H2,20,21,22). The van der Waals surface area contributed by atoms with Crippen LogP contribution >= 0.6 is 0 Å². The number of hydrogen-bond donors (Lipinski definition) is 3. The third-order valence-electron chi connectivity index (χ3n) is 4.11. The molecule has 0 radical (unpaired) electrons. The van der Waals surface area contributed by atoms with Gasteiger partial charge in [-0.15, -0.1) is 0 Å². The first-order chi connectivity index (χ1) is 12.1. The van der Waals surface area contributed by atoms with Crippen molar-refractivity contribution in [1.29, 1.82) is 0 Å². The number of carbonyl (C=O) groups excluding carboxylic acids is 1. The van der Waals surface area contributed by atoms with E-state index in [1.807, 2.05) is 19.9 Å². The minimum Gasteiger partial charge on any atom is -0.450 e. The van der Waals surface area contributed by atoms with Crippen molar-refractivity contribution in [2.75, 3.05) is 19.7 Å². The summed E-state index contributed by atoms with van der Waals surface area (Å²) in [6.45, 7) is 8.37. The molecule has 6 nitrogen and oxygen atoms in total. The maximum absolute atomic E-state index is 11.7. The third-order valence-corrected chi connectivity index (χ3v) is 4.11. The van der Waals surface area contributed by atoms with Crippen molar-refractivity contribution < 1.29 is 9.53 Å². The van der Waals surface area contributed by atoms with Crippen molar-refractivity contribution in [3.63, 3.8) is 0 Å². The molecule has 1 aliphatic carbocycles. The van der Waals surface area contributed by atoms with E-state index in [2.05, 4.69) is 46.1 Å². The van der Waals surface area contributed by atoms with Crippen molar-refractivity contribution >= 4 is 12.1 Å². The van der Waals surface area contributed by atoms with Crippen LogP contribution < -0.4 is 16.0 Å². The maximum atomic E-state index is 11.7. The Hall–Kier alpha value is -2.24. The molecule has 2 rings (SSSR count). The molecule has 1 amide bonds. The van der Waals surface area contributed by atoms with Gasteiger partial charge in [0.15, 0.2) is 5.96 Å². The molecule has 0 spiro atoms. The Bertz CT molecular complexity index is 585. The molecule has 0 heterocycles. The summed E-state index contributed by atoms with van der Waals surface area (Å²) in [5.41, 5.74) is 2.42. The van der Waals surface area contributed by atoms with Crippen LogP contribution in [0.5, 0.6) is 0 Å². The van der Waals surface area contributed by atoms with Crippen LogP contribution in [0.2, 0.25) is 0 Å². The zero-order valence-electron chi connectivity index (χ0n) is 15.5. The summed E-state index contributed by atoms with van der Waals surface area (Å²) in [4.78, 5) is 16.3. The Morgan fingerprint density at radius 1 is 1.32 bits per heavy atom. The number of rotatable bonds is 8. The minimum atomic E-state index is -0.345. The fourth-order valence-corrected chi connectivity index (χ4v) is 2.69. The van der Waals surface area contributed by atoms with E-state index in [0.29, 0.717) is 25.6 Å². The molecule has 0 aromatic heterocycles. The fraction of sp³-hybridized carbons (Fsp3) is 0.579. The van der Waals surface area contributed by atoms with Crippen LogP contribution in [-0.4, -0.2) is 37.8 Å². The van der Waals surface area contributed by atoms with Gasteiger partial charge in [0.25, 0.3) is 0 Å². The van der Waals surface area contributed by atoms with Gasteiger partial charge in [0.1, 0.15) is 0 Å². The van der Waals surface area contributed by atoms with E-state index in [0.717, 1.165) is 25.3 Å². The maximum Gasteiger partial charge on any atom is 0.407 e. The number of amides is 1. The monoisotopic (exact) mass is 346 g/mol. The highest BCUT2D eigenvalue weighted by atomic mass is 16.5. The van der Waals surface area contributed by atoms with Crippen molar-refractivity contribution in [2.45, 2.75) is 46.2 Å². The molecular weight excluding hydrogens is 316 g/mol. The van der Waals surface area contributed by atoms with Gasteiger partial charge in [-0.25, -0.2) is 9.79 Å². The third kappa shape index (κ3) is 7.03. The lowest BCUT2D eigenvalue weighted by Crippen LogP contribution is -2.48. The van der Waals surface area contributed by atoms with Gasteiger partial charge in [-0.3, -0.25) is 0 Å². The number of ether oxygens (including phenoxy) is 1. The van der Waals surface area contributed by atoms with Crippen LogP contribution in [0, 0.1) is 12.8 Å². The molecule has 0 bridgehead atoms. The van der Waals surface area contributed by atoms with E-state index in [1.165, 1.54) is 11.1 Å². The highest BCUT2D eigenvalue weighted by Gasteiger charge is 2.32. The molecular formula is C19H30N4O2. The Kier molecular flexibility index (Phi) is 7.57. The molecule has 6 heteroatoms. The van der Waals surface area contributed by atoms with Crippen molar-refractivity contribution in [1.82, 2.24) is 16.0 Å². The molecule has 1 aromatic carbocycles. The smallest absolute Gasteiger partial charge is 0.407 e. The second-order valence-electron chi connectivity index (χ2n) is 6.37. The first-order valence-corrected chi connectivity index (χ1v) is 9.13. The lowest BCUT2D eigenvalue weighted by Gasteiger charge is -2.20. The predicted molar refractivity (Wildman–Crippen MR) is 101 cm³/mol. The topological polar surface area (TPSA) is 74.8 Å². The summed E-state index contributed by atoms with van der Waals surface area (Å²) in [7, 11) is 0. The van der Waals surface area contributed by atoms with E-state index in [-0.39, 0.29) is 12.1 Å². The van der Waals surface area contributed by atoms with Crippen LogP contribution in [0.4, 0.5) is 4.79 Å². The average molecular weight is 346 g/mol. The summed E-state index contributed by atoms with van der Waals surface area (Å²) in [6.07, 6.45) is 1.95. The molecule has 3 N–H and O–H groups in total. The number of hydrogen-bond acceptors (Lipinski definition) is 3. The Labute approximate surface area is 150 Å². The SMILES string of the molecule is CCNC(=NCc1cccc(C)c1)NCC(NC(=O)OCC)C1CC1. The molecule has 1 aromatic rings. The number of nitrogens with zero attached hydrogens (tertiary/aromatic N) is 1. The molecule has 138 valence electrons. The van der Waals surface area contributed by atoms with E-state index >= 15 is 0 Å². The van der Waals surface area contributed by atoms with Gasteiger partial charge in [0.2, 0.25) is 0 Å². The van der Waals surface area contributed by atoms with Gasteiger partial charge in [0.05, 0.1) is 19.2 Å². The molecule has 0 aliphatic heterocycles. The highest BCUT2D eigenvalue weighted by molar-refractivity contribution is 5.79. The second-order valence-corrected chi connectivity index (χ2v) is 6.37. The lowest BCUT2D eigenvalue weighted by atomic mass is 10.1. The molecule has 1 atom stereocenters. The summed E-state index contributed by atoms with van der Waals surface area (Å²) >= 11 is 0. The first-order valence-electron chi connectivity index (χ1n) is 9.13. The Balaban J connectivity index is 1.90. The second kappa shape index (κ2) is 9.91. The summed E-state index contributed by atoms with van der Waals surface area (Å²) in [5.74, 6) is 1.29. The summed E-state index contributed by atoms with van der Waals surface area (Å²) in [6, 6.07) is 8.42. The quantitative estimate of drug-likeness (QED) is 0.500. The molecule has 25 heavy (non-hydrogen) atoms. The van der Waals surface area contributed by atoms with Crippen molar-refractivity contribution in [3.05, 3.63) is 35.4 Å². The molecule has 1 unspecified atom stereocenters. The van der Waals surface area contributed by atoms with E-state index < -0.39 is 0 Å². The predicted octanol–water partition coefficient (Wildman–Crippen LogP) is 2.57. The number of aryl methyl sites for hydroxylation is 1. The normalized spacial score (nSPS) is 15.4. The first kappa shape index (κ1) is 19.1. The van der Waals surface area contributed by atoms with Gasteiger partial charge < -0.3 is 20.7 Å². The van der Waals surface area contributed by atoms with Crippen LogP contribution in [0.1, 0.15) is 37.8 Å². The van der Waals surface area contributed by atoms with Gasteiger partial charge in [0, 0.05) is 13.1 Å². The molecule has 0 saturated heterocycles. The number of nitrogens with one attached hydrogen (secondary N) is 3. The van der Waals surface area contributed by atoms with Crippen molar-refractivity contribution in [2.24, 2.45) is 10.9 Å². The average Bonchev–Trinajstić information content (AvgIpc) is 3.41. The van der Waals surface area contributed by atoms with Gasteiger partial charge in [-0.1, -0.05) is 29.8 Å². The number of alkyl carbamates (subject to hydrolysis) is 1. The zero-order chi connectivity index (χ0) is 18.1. The number of benzene rings is 1. The van der Waals surface area contributed by atoms with Crippen LogP contribution in [0.25, 0.3) is 0 Å². The lowest BCUT2D eigenvalue weighted by molar-refractivity contribution is 0.146. The highest BCUT2D eigenvalue weighted by Crippen LogP contribution is 2.32. The van der Waals surface area contributed by atoms with E-state index in [1.54, 1.807) is 0 Å². The van der Waals surface area contributed by atoms with Gasteiger partial charge in [-0.05, 0) is 45.1 Å². The number of carbonyl (C=O) groups is 1. The Morgan fingerprint density at radius 2 is 2.12 bits per heavy atom. The number of aliphatic imine (C=N–C) groups is 1. The zero-order valence-corrected chi connectivity index (χ0v) is 15.5. The largest absolute Gasteiger partial charge is 0.450 e. The number of guanidine groups is 1. The summed E-state index contributed by atoms with van der Waals surface area (Å²) in [5, 5.41) is 9.55. The Morgan fingerprint density at radius 3 is 2.76 bits per heavy atom. The van der Waals surface area contributed by atoms with Crippen LogP contribution in [-0.2, 0) is 11.3 Å². The minimum absolute atomic E-state index is 0.0712. The van der Waals surface area contributed by atoms with Crippen molar-refractivity contribution in [3.8, 4) is 0 Å². The van der Waals surface area contributed by atoms with E-state index in [9.17, 15) is 4.79 Å². The summed E-state index contributed by atoms with van der Waals surface area (Å²) < 4.78 is 5.00. The van der Waals surface area contributed by atoms with Gasteiger partial charge >= 0.3 is 6.09 Å². The van der Waals surface area contributed by atoms with Crippen LogP contribution in [0.3, 0.4) is 0 Å². The molecule has 1 aliphatic rings. The van der Waals surface area contributed by atoms with Gasteiger partial charge in [-0.2, -0.15) is 0 Å². The fourth-order valence-electron chi connectivity index (χ4n) is 2.69. The molecule has 1 fully saturated rings. The van der Waals surface area contributed by atoms with Crippen LogP contribution in [0.15, 0.2) is 29.3 Å². The molecule has 1 saturated carbocycles.